The zero-order chi connectivity index (χ0) is 7.82. The van der Waals surface area contributed by atoms with Crippen LogP contribution >= 0.6 is 12.6 Å². The second kappa shape index (κ2) is 6.10. The van der Waals surface area contributed by atoms with Gasteiger partial charge in [-0.3, -0.25) is 9.78 Å². The predicted molar refractivity (Wildman–Crippen MR) is 40.2 cm³/mol. The quantitative estimate of drug-likeness (QED) is 0.437. The maximum Gasteiger partial charge on any atom is 0.290 e. The summed E-state index contributed by atoms with van der Waals surface area (Å²) in [5.41, 5.74) is 0. The summed E-state index contributed by atoms with van der Waals surface area (Å²) >= 11 is 3.97. The van der Waals surface area contributed by atoms with E-state index in [2.05, 4.69) is 17.6 Å². The molecular weight excluding hydrogens is 150 g/mol. The summed E-state index contributed by atoms with van der Waals surface area (Å²) in [5.74, 6) is 0. The molecule has 3 nitrogen and oxygen atoms in total. The molecule has 0 saturated carbocycles. The zero-order valence-electron chi connectivity index (χ0n) is 5.14. The minimum absolute atomic E-state index is 0.250. The molecule has 0 spiro atoms. The van der Waals surface area contributed by atoms with Crippen molar-refractivity contribution in [3.63, 3.8) is 0 Å². The van der Waals surface area contributed by atoms with Gasteiger partial charge in [-0.05, 0) is 12.1 Å². The number of carboxylic acid groups (broad SMARTS) is 1. The topological polar surface area (TPSA) is 50.2 Å². The Bertz CT molecular complexity index is 178. The lowest BCUT2D eigenvalue weighted by molar-refractivity contribution is -0.122. The molecule has 1 aromatic rings. The standard InChI is InChI=1S/C5H5NS.CH2O2/c7-5-3-1-2-4-6-5;2-1-3/h1-4H,(H,6,7);1H,(H,2,3). The molecule has 4 heteroatoms. The summed E-state index contributed by atoms with van der Waals surface area (Å²) in [7, 11) is 0. The number of hydrogen-bond acceptors (Lipinski definition) is 3. The van der Waals surface area contributed by atoms with E-state index in [-0.39, 0.29) is 6.47 Å². The van der Waals surface area contributed by atoms with Gasteiger partial charge in [-0.1, -0.05) is 6.07 Å². The maximum atomic E-state index is 8.36. The fourth-order valence-electron chi connectivity index (χ4n) is 0.354. The van der Waals surface area contributed by atoms with Gasteiger partial charge in [0.25, 0.3) is 6.47 Å². The van der Waals surface area contributed by atoms with Crippen LogP contribution in [0.4, 0.5) is 0 Å². The Balaban J connectivity index is 0.000000236. The minimum Gasteiger partial charge on any atom is -0.483 e. The van der Waals surface area contributed by atoms with E-state index >= 15 is 0 Å². The maximum absolute atomic E-state index is 8.36. The molecule has 1 aromatic heterocycles. The number of carbonyl (C=O) groups is 1. The first kappa shape index (κ1) is 8.97. The van der Waals surface area contributed by atoms with Crippen LogP contribution in [0.15, 0.2) is 29.4 Å². The molecule has 0 saturated heterocycles. The second-order valence-corrected chi connectivity index (χ2v) is 1.75. The summed E-state index contributed by atoms with van der Waals surface area (Å²) in [6, 6.07) is 5.60. The van der Waals surface area contributed by atoms with E-state index in [0.29, 0.717) is 0 Å². The van der Waals surface area contributed by atoms with Crippen molar-refractivity contribution in [2.24, 2.45) is 0 Å². The number of pyridine rings is 1. The molecule has 1 heterocycles. The first-order chi connectivity index (χ1) is 4.81. The fourth-order valence-corrected chi connectivity index (χ4v) is 0.506. The van der Waals surface area contributed by atoms with Gasteiger partial charge in [-0.25, -0.2) is 0 Å². The molecule has 10 heavy (non-hydrogen) atoms. The van der Waals surface area contributed by atoms with Crippen molar-refractivity contribution in [1.82, 2.24) is 4.98 Å². The highest BCUT2D eigenvalue weighted by molar-refractivity contribution is 7.80. The predicted octanol–water partition coefficient (Wildman–Crippen LogP) is 1.07. The largest absolute Gasteiger partial charge is 0.483 e. The highest BCUT2D eigenvalue weighted by Crippen LogP contribution is 1.95. The Morgan fingerprint density at radius 3 is 2.40 bits per heavy atom. The van der Waals surface area contributed by atoms with E-state index in [9.17, 15) is 0 Å². The summed E-state index contributed by atoms with van der Waals surface area (Å²) in [4.78, 5) is 12.2. The molecule has 0 aliphatic heterocycles. The van der Waals surface area contributed by atoms with Gasteiger partial charge in [0.05, 0.1) is 5.03 Å². The van der Waals surface area contributed by atoms with Gasteiger partial charge in [0.2, 0.25) is 0 Å². The van der Waals surface area contributed by atoms with Gasteiger partial charge in [-0.15, -0.1) is 12.6 Å². The number of hydrogen-bond donors (Lipinski definition) is 2. The molecule has 0 aliphatic rings. The van der Waals surface area contributed by atoms with Crippen molar-refractivity contribution in [1.29, 1.82) is 0 Å². The van der Waals surface area contributed by atoms with E-state index in [1.165, 1.54) is 0 Å². The van der Waals surface area contributed by atoms with Crippen LogP contribution < -0.4 is 0 Å². The molecule has 0 aromatic carbocycles. The minimum atomic E-state index is -0.250. The lowest BCUT2D eigenvalue weighted by Gasteiger charge is -1.81. The van der Waals surface area contributed by atoms with Gasteiger partial charge in [0.15, 0.2) is 0 Å². The highest BCUT2D eigenvalue weighted by atomic mass is 32.1. The second-order valence-electron chi connectivity index (χ2n) is 1.29. The van der Waals surface area contributed by atoms with Crippen LogP contribution in [0, 0.1) is 0 Å². The van der Waals surface area contributed by atoms with E-state index in [1.807, 2.05) is 18.2 Å². The zero-order valence-corrected chi connectivity index (χ0v) is 6.03. The molecule has 0 atom stereocenters. The Morgan fingerprint density at radius 1 is 1.60 bits per heavy atom. The van der Waals surface area contributed by atoms with Crippen LogP contribution in [0.1, 0.15) is 0 Å². The Hall–Kier alpha value is -1.03. The van der Waals surface area contributed by atoms with Crippen LogP contribution in [-0.4, -0.2) is 16.6 Å². The first-order valence-corrected chi connectivity index (χ1v) is 2.94. The molecule has 1 N–H and O–H groups in total. The first-order valence-electron chi connectivity index (χ1n) is 2.49. The Labute approximate surface area is 64.1 Å². The number of thiol groups is 1. The van der Waals surface area contributed by atoms with E-state index in [4.69, 9.17) is 9.90 Å². The van der Waals surface area contributed by atoms with Crippen LogP contribution in [-0.2, 0) is 4.79 Å². The smallest absolute Gasteiger partial charge is 0.290 e. The fraction of sp³-hybridized carbons (Fsp3) is 0. The van der Waals surface area contributed by atoms with Crippen molar-refractivity contribution in [3.05, 3.63) is 24.4 Å². The third kappa shape index (κ3) is 5.11. The van der Waals surface area contributed by atoms with Gasteiger partial charge >= 0.3 is 0 Å². The number of rotatable bonds is 0. The average Bonchev–Trinajstić information content (AvgIpc) is 1.91. The SMILES string of the molecule is O=CO.Sc1ccccn1. The third-order valence-electron chi connectivity index (χ3n) is 0.649. The normalized spacial score (nSPS) is 7.30. The molecule has 0 bridgehead atoms. The molecule has 0 unspecified atom stereocenters. The average molecular weight is 157 g/mol. The van der Waals surface area contributed by atoms with Crippen LogP contribution in [0.5, 0.6) is 0 Å². The van der Waals surface area contributed by atoms with Crippen molar-refractivity contribution in [2.75, 3.05) is 0 Å². The van der Waals surface area contributed by atoms with Crippen LogP contribution in [0.3, 0.4) is 0 Å². The van der Waals surface area contributed by atoms with Crippen molar-refractivity contribution in [3.8, 4) is 0 Å². The Morgan fingerprint density at radius 2 is 2.20 bits per heavy atom. The summed E-state index contributed by atoms with van der Waals surface area (Å²) in [6.45, 7) is -0.250. The summed E-state index contributed by atoms with van der Waals surface area (Å²) in [5, 5.41) is 7.66. The number of aromatic nitrogens is 1. The van der Waals surface area contributed by atoms with Crippen LogP contribution in [0.25, 0.3) is 0 Å². The molecular formula is C6H7NO2S. The van der Waals surface area contributed by atoms with Gasteiger partial charge in [0.1, 0.15) is 0 Å². The van der Waals surface area contributed by atoms with Crippen molar-refractivity contribution in [2.45, 2.75) is 5.03 Å². The van der Waals surface area contributed by atoms with Gasteiger partial charge in [-0.2, -0.15) is 0 Å². The lowest BCUT2D eigenvalue weighted by atomic mass is 10.5. The summed E-state index contributed by atoms with van der Waals surface area (Å²) < 4.78 is 0. The van der Waals surface area contributed by atoms with E-state index in [0.717, 1.165) is 5.03 Å². The molecule has 0 radical (unpaired) electrons. The van der Waals surface area contributed by atoms with Crippen LogP contribution in [0.2, 0.25) is 0 Å². The molecule has 0 aliphatic carbocycles. The lowest BCUT2D eigenvalue weighted by Crippen LogP contribution is -1.67. The number of nitrogens with zero attached hydrogens (tertiary/aromatic N) is 1. The molecule has 54 valence electrons. The third-order valence-corrected chi connectivity index (χ3v) is 0.914. The monoisotopic (exact) mass is 157 g/mol. The van der Waals surface area contributed by atoms with Crippen molar-refractivity contribution >= 4 is 19.1 Å². The molecule has 0 fully saturated rings. The highest BCUT2D eigenvalue weighted by Gasteiger charge is 1.74. The van der Waals surface area contributed by atoms with E-state index < -0.39 is 0 Å². The Kier molecular flexibility index (Phi) is 5.47. The molecule has 0 amide bonds. The summed E-state index contributed by atoms with van der Waals surface area (Å²) in [6.07, 6.45) is 1.71. The van der Waals surface area contributed by atoms with Gasteiger partial charge < -0.3 is 5.11 Å². The van der Waals surface area contributed by atoms with Gasteiger partial charge in [0, 0.05) is 6.20 Å². The van der Waals surface area contributed by atoms with E-state index in [1.54, 1.807) is 6.20 Å². The molecule has 1 rings (SSSR count). The van der Waals surface area contributed by atoms with Crippen molar-refractivity contribution < 1.29 is 9.90 Å².